The highest BCUT2D eigenvalue weighted by molar-refractivity contribution is 6.22. The molecule has 4 rings (SSSR count). The van der Waals surface area contributed by atoms with Crippen LogP contribution in [0.1, 0.15) is 56.5 Å². The Kier molecular flexibility index (Phi) is 6.91. The molecule has 3 aromatic rings. The number of imide groups is 1. The average molecular weight is 472 g/mol. The van der Waals surface area contributed by atoms with Gasteiger partial charge >= 0.3 is 5.97 Å². The molecule has 0 saturated carbocycles. The molecule has 1 aliphatic heterocycles. The van der Waals surface area contributed by atoms with Crippen LogP contribution in [0.3, 0.4) is 0 Å². The molecule has 3 amide bonds. The summed E-state index contributed by atoms with van der Waals surface area (Å²) >= 11 is 0. The van der Waals surface area contributed by atoms with Crippen molar-refractivity contribution in [3.8, 4) is 5.75 Å². The summed E-state index contributed by atoms with van der Waals surface area (Å²) in [6.45, 7) is 3.51. The molecular formula is C27H24N2O6. The quantitative estimate of drug-likeness (QED) is 0.389. The second-order valence-corrected chi connectivity index (χ2v) is 7.88. The van der Waals surface area contributed by atoms with Gasteiger partial charge in [-0.15, -0.1) is 0 Å². The Hall–Kier alpha value is -4.46. The molecule has 1 N–H and O–H groups in total. The van der Waals surface area contributed by atoms with Crippen LogP contribution in [0.15, 0.2) is 72.8 Å². The Balaban J connectivity index is 1.43. The van der Waals surface area contributed by atoms with Crippen molar-refractivity contribution in [1.82, 2.24) is 4.90 Å². The summed E-state index contributed by atoms with van der Waals surface area (Å²) in [7, 11) is 0. The van der Waals surface area contributed by atoms with Crippen LogP contribution in [-0.4, -0.2) is 41.8 Å². The fourth-order valence-corrected chi connectivity index (χ4v) is 3.87. The van der Waals surface area contributed by atoms with Crippen LogP contribution in [0.25, 0.3) is 0 Å². The summed E-state index contributed by atoms with van der Waals surface area (Å²) in [5, 5.41) is 2.64. The first-order valence-corrected chi connectivity index (χ1v) is 11.2. The maximum absolute atomic E-state index is 13.0. The van der Waals surface area contributed by atoms with Crippen molar-refractivity contribution in [1.29, 1.82) is 0 Å². The Morgan fingerprint density at radius 1 is 0.914 bits per heavy atom. The smallest absolute Gasteiger partial charge is 0.338 e. The largest absolute Gasteiger partial charge is 0.492 e. The van der Waals surface area contributed by atoms with E-state index in [1.807, 2.05) is 37.3 Å². The minimum Gasteiger partial charge on any atom is -0.492 e. The van der Waals surface area contributed by atoms with E-state index < -0.39 is 36.3 Å². The lowest BCUT2D eigenvalue weighted by Gasteiger charge is -2.22. The summed E-state index contributed by atoms with van der Waals surface area (Å²) in [5.74, 6) is -1.72. The van der Waals surface area contributed by atoms with E-state index in [9.17, 15) is 19.2 Å². The number of nitrogens with one attached hydrogen (secondary N) is 1. The molecule has 1 aliphatic rings. The van der Waals surface area contributed by atoms with Gasteiger partial charge in [0.15, 0.2) is 6.61 Å². The molecule has 0 fully saturated rings. The number of nitrogens with zero attached hydrogens (tertiary/aromatic N) is 1. The maximum Gasteiger partial charge on any atom is 0.338 e. The van der Waals surface area contributed by atoms with E-state index >= 15 is 0 Å². The molecule has 0 saturated heterocycles. The van der Waals surface area contributed by atoms with Crippen LogP contribution >= 0.6 is 0 Å². The normalized spacial score (nSPS) is 13.3. The number of anilines is 1. The zero-order valence-corrected chi connectivity index (χ0v) is 19.3. The fraction of sp³-hybridized carbons (Fsp3) is 0.185. The van der Waals surface area contributed by atoms with Crippen molar-refractivity contribution in [3.05, 3.63) is 95.1 Å². The lowest BCUT2D eigenvalue weighted by atomic mass is 10.1. The van der Waals surface area contributed by atoms with Crippen molar-refractivity contribution in [3.63, 3.8) is 0 Å². The van der Waals surface area contributed by atoms with Crippen molar-refractivity contribution in [2.24, 2.45) is 0 Å². The van der Waals surface area contributed by atoms with Crippen LogP contribution < -0.4 is 10.1 Å². The number of carbonyl (C=O) groups excluding carboxylic acids is 4. The fourth-order valence-electron chi connectivity index (χ4n) is 3.87. The third-order valence-electron chi connectivity index (χ3n) is 5.62. The van der Waals surface area contributed by atoms with E-state index in [0.29, 0.717) is 18.0 Å². The number of benzene rings is 3. The highest BCUT2D eigenvalue weighted by Crippen LogP contribution is 2.32. The lowest BCUT2D eigenvalue weighted by Crippen LogP contribution is -2.32. The van der Waals surface area contributed by atoms with Crippen LogP contribution in [0.2, 0.25) is 0 Å². The van der Waals surface area contributed by atoms with E-state index in [1.54, 1.807) is 31.2 Å². The van der Waals surface area contributed by atoms with E-state index in [-0.39, 0.29) is 16.7 Å². The topological polar surface area (TPSA) is 102 Å². The number of carbonyl (C=O) groups is 4. The van der Waals surface area contributed by atoms with Crippen molar-refractivity contribution in [2.45, 2.75) is 19.9 Å². The van der Waals surface area contributed by atoms with Gasteiger partial charge in [-0.05, 0) is 49.7 Å². The predicted molar refractivity (Wildman–Crippen MR) is 128 cm³/mol. The van der Waals surface area contributed by atoms with Gasteiger partial charge in [-0.1, -0.05) is 42.5 Å². The number of ether oxygens (including phenoxy) is 2. The highest BCUT2D eigenvalue weighted by atomic mass is 16.5. The summed E-state index contributed by atoms with van der Waals surface area (Å²) in [4.78, 5) is 51.9. The Bertz CT molecular complexity index is 1290. The second kappa shape index (κ2) is 10.2. The molecule has 8 nitrogen and oxygen atoms in total. The van der Waals surface area contributed by atoms with Gasteiger partial charge in [-0.25, -0.2) is 4.79 Å². The molecule has 1 heterocycles. The maximum atomic E-state index is 13.0. The monoisotopic (exact) mass is 472 g/mol. The molecule has 0 radical (unpaired) electrons. The summed E-state index contributed by atoms with van der Waals surface area (Å²) in [5.41, 5.74) is 1.70. The van der Waals surface area contributed by atoms with Gasteiger partial charge in [-0.3, -0.25) is 19.3 Å². The van der Waals surface area contributed by atoms with Gasteiger partial charge in [0.1, 0.15) is 5.75 Å². The molecule has 0 aliphatic carbocycles. The molecule has 35 heavy (non-hydrogen) atoms. The summed E-state index contributed by atoms with van der Waals surface area (Å²) < 4.78 is 10.6. The van der Waals surface area contributed by atoms with Crippen LogP contribution in [0.5, 0.6) is 5.75 Å². The van der Waals surface area contributed by atoms with Crippen molar-refractivity contribution >= 4 is 29.4 Å². The molecule has 0 aromatic heterocycles. The molecule has 3 aromatic carbocycles. The number of para-hydroxylation sites is 2. The molecule has 8 heteroatoms. The standard InChI is InChI=1S/C27H24N2O6/c1-3-34-23-12-8-7-11-22(23)28-24(30)16-35-27(33)19-13-14-20-21(15-19)26(32)29(25(20)31)17(2)18-9-5-4-6-10-18/h4-15,17H,3,16H2,1-2H3,(H,28,30)/t17-/m0/s1. The van der Waals surface area contributed by atoms with Gasteiger partial charge in [0.05, 0.1) is 35.0 Å². The first-order valence-electron chi connectivity index (χ1n) is 11.2. The zero-order chi connectivity index (χ0) is 24.9. The first kappa shape index (κ1) is 23.7. The summed E-state index contributed by atoms with van der Waals surface area (Å²) in [6, 6.07) is 19.8. The Morgan fingerprint density at radius 3 is 2.34 bits per heavy atom. The minimum absolute atomic E-state index is 0.0710. The third-order valence-corrected chi connectivity index (χ3v) is 5.62. The van der Waals surface area contributed by atoms with E-state index in [4.69, 9.17) is 9.47 Å². The lowest BCUT2D eigenvalue weighted by molar-refractivity contribution is -0.119. The Labute approximate surface area is 202 Å². The van der Waals surface area contributed by atoms with E-state index in [2.05, 4.69) is 5.32 Å². The van der Waals surface area contributed by atoms with Crippen molar-refractivity contribution in [2.75, 3.05) is 18.5 Å². The average Bonchev–Trinajstić information content (AvgIpc) is 3.13. The van der Waals surface area contributed by atoms with E-state index in [1.165, 1.54) is 23.1 Å². The van der Waals surface area contributed by atoms with Gasteiger partial charge < -0.3 is 14.8 Å². The SMILES string of the molecule is CCOc1ccccc1NC(=O)COC(=O)c1ccc2c(c1)C(=O)N([C@@H](C)c1ccccc1)C2=O. The molecule has 0 spiro atoms. The number of fused-ring (bicyclic) bond motifs is 1. The first-order chi connectivity index (χ1) is 16.9. The third kappa shape index (κ3) is 4.91. The number of hydrogen-bond acceptors (Lipinski definition) is 6. The van der Waals surface area contributed by atoms with Gasteiger partial charge in [-0.2, -0.15) is 0 Å². The van der Waals surface area contributed by atoms with Gasteiger partial charge in [0.25, 0.3) is 17.7 Å². The van der Waals surface area contributed by atoms with Crippen LogP contribution in [0, 0.1) is 0 Å². The number of amides is 3. The van der Waals surface area contributed by atoms with Gasteiger partial charge in [0, 0.05) is 0 Å². The molecular weight excluding hydrogens is 448 g/mol. The van der Waals surface area contributed by atoms with Crippen molar-refractivity contribution < 1.29 is 28.7 Å². The predicted octanol–water partition coefficient (Wildman–Crippen LogP) is 4.24. The van der Waals surface area contributed by atoms with Gasteiger partial charge in [0.2, 0.25) is 0 Å². The number of hydrogen-bond donors (Lipinski definition) is 1. The minimum atomic E-state index is -0.782. The molecule has 0 bridgehead atoms. The van der Waals surface area contributed by atoms with Crippen LogP contribution in [0.4, 0.5) is 5.69 Å². The molecule has 178 valence electrons. The number of esters is 1. The number of rotatable bonds is 8. The second-order valence-electron chi connectivity index (χ2n) is 7.88. The molecule has 1 atom stereocenters. The summed E-state index contributed by atoms with van der Waals surface area (Å²) in [6.07, 6.45) is 0. The Morgan fingerprint density at radius 2 is 1.60 bits per heavy atom. The van der Waals surface area contributed by atoms with E-state index in [0.717, 1.165) is 5.56 Å². The molecule has 0 unspecified atom stereocenters. The highest BCUT2D eigenvalue weighted by Gasteiger charge is 2.39. The van der Waals surface area contributed by atoms with Crippen LogP contribution in [-0.2, 0) is 9.53 Å². The zero-order valence-electron chi connectivity index (χ0n) is 19.3.